The molecule has 0 saturated carbocycles. The van der Waals surface area contributed by atoms with Gasteiger partial charge in [-0.2, -0.15) is 0 Å². The number of unbranched alkanes of at least 4 members (excludes halogenated alkanes) is 1. The Morgan fingerprint density at radius 2 is 1.83 bits per heavy atom. The summed E-state index contributed by atoms with van der Waals surface area (Å²) >= 11 is 0. The van der Waals surface area contributed by atoms with Gasteiger partial charge >= 0.3 is 9.53 Å². The van der Waals surface area contributed by atoms with Gasteiger partial charge in [-0.1, -0.05) is 25.5 Å². The lowest BCUT2D eigenvalue weighted by Crippen LogP contribution is -2.23. The number of hydrogen-bond acceptors (Lipinski definition) is 3. The van der Waals surface area contributed by atoms with Crippen molar-refractivity contribution in [1.29, 1.82) is 0 Å². The Bertz CT molecular complexity index is 113. The molecule has 0 N–H and O–H groups in total. The van der Waals surface area contributed by atoms with E-state index in [1.54, 1.807) is 14.2 Å². The average Bonchev–Trinajstić information content (AvgIpc) is 2.11. The van der Waals surface area contributed by atoms with Crippen LogP contribution < -0.4 is 0 Å². The summed E-state index contributed by atoms with van der Waals surface area (Å²) in [7, 11) is 1.42. The molecule has 0 aromatic carbocycles. The van der Waals surface area contributed by atoms with Gasteiger partial charge in [0.05, 0.1) is 6.61 Å². The molecule has 0 aromatic rings. The van der Waals surface area contributed by atoms with Gasteiger partial charge < -0.3 is 13.3 Å². The molecule has 0 aliphatic rings. The zero-order chi connectivity index (χ0) is 9.23. The predicted octanol–water partition coefficient (Wildman–Crippen LogP) is 1.37. The highest BCUT2D eigenvalue weighted by Gasteiger charge is 2.08. The predicted molar refractivity (Wildman–Crippen MR) is 51.2 cm³/mol. The van der Waals surface area contributed by atoms with E-state index in [2.05, 4.69) is 13.0 Å². The molecule has 12 heavy (non-hydrogen) atoms. The van der Waals surface area contributed by atoms with Crippen molar-refractivity contribution in [1.82, 2.24) is 0 Å². The first-order chi connectivity index (χ1) is 5.85. The first-order valence-corrected chi connectivity index (χ1v) is 5.58. The van der Waals surface area contributed by atoms with Gasteiger partial charge in [0.25, 0.3) is 0 Å². The van der Waals surface area contributed by atoms with Crippen molar-refractivity contribution < 1.29 is 13.3 Å². The Morgan fingerprint density at radius 3 is 2.33 bits per heavy atom. The van der Waals surface area contributed by atoms with Crippen LogP contribution in [0.2, 0.25) is 0 Å². The minimum Gasteiger partial charge on any atom is -0.379 e. The Hall–Kier alpha value is -0.163. The summed E-state index contributed by atoms with van der Waals surface area (Å²) in [4.78, 5) is 0. The summed E-state index contributed by atoms with van der Waals surface area (Å²) in [6.07, 6.45) is 6.39. The maximum Gasteiger partial charge on any atom is 0.483 e. The van der Waals surface area contributed by atoms with Crippen LogP contribution >= 0.6 is 0 Å². The summed E-state index contributed by atoms with van der Waals surface area (Å²) in [5.41, 5.74) is 0. The van der Waals surface area contributed by atoms with Gasteiger partial charge in [0.1, 0.15) is 0 Å². The maximum absolute atomic E-state index is 5.29. The first kappa shape index (κ1) is 11.8. The van der Waals surface area contributed by atoms with Crippen LogP contribution in [-0.2, 0) is 13.3 Å². The minimum atomic E-state index is -1.79. The van der Waals surface area contributed by atoms with E-state index >= 15 is 0 Å². The smallest absolute Gasteiger partial charge is 0.379 e. The molecule has 0 aromatic heterocycles. The molecule has 0 rings (SSSR count). The van der Waals surface area contributed by atoms with Crippen molar-refractivity contribution in [2.24, 2.45) is 0 Å². The maximum atomic E-state index is 5.29. The van der Waals surface area contributed by atoms with Crippen LogP contribution in [0, 0.1) is 0 Å². The normalized spacial score (nSPS) is 11.7. The SMILES string of the molecule is CCCC=CCO[SiH](OC)OC. The second-order valence-electron chi connectivity index (χ2n) is 2.35. The Morgan fingerprint density at radius 1 is 1.17 bits per heavy atom. The third-order valence-corrected chi connectivity index (χ3v) is 2.57. The van der Waals surface area contributed by atoms with Crippen molar-refractivity contribution in [2.75, 3.05) is 20.8 Å². The van der Waals surface area contributed by atoms with Gasteiger partial charge in [-0.3, -0.25) is 0 Å². The number of allylic oxidation sites excluding steroid dienone is 1. The summed E-state index contributed by atoms with van der Waals surface area (Å²) in [6.45, 7) is 2.74. The van der Waals surface area contributed by atoms with Crippen molar-refractivity contribution in [3.05, 3.63) is 12.2 Å². The molecular weight excluding hydrogens is 172 g/mol. The van der Waals surface area contributed by atoms with E-state index in [-0.39, 0.29) is 0 Å². The van der Waals surface area contributed by atoms with E-state index in [1.165, 1.54) is 6.42 Å². The zero-order valence-corrected chi connectivity index (χ0v) is 9.23. The highest BCUT2D eigenvalue weighted by atomic mass is 28.3. The fourth-order valence-electron chi connectivity index (χ4n) is 0.719. The molecule has 0 atom stereocenters. The van der Waals surface area contributed by atoms with Crippen LogP contribution in [0.3, 0.4) is 0 Å². The highest BCUT2D eigenvalue weighted by Crippen LogP contribution is 1.91. The monoisotopic (exact) mass is 190 g/mol. The van der Waals surface area contributed by atoms with E-state index < -0.39 is 9.53 Å². The van der Waals surface area contributed by atoms with Crippen LogP contribution in [-0.4, -0.2) is 30.4 Å². The van der Waals surface area contributed by atoms with Gasteiger partial charge in [0.15, 0.2) is 0 Å². The molecule has 0 amide bonds. The molecule has 0 bridgehead atoms. The van der Waals surface area contributed by atoms with Gasteiger partial charge in [-0.15, -0.1) is 0 Å². The summed E-state index contributed by atoms with van der Waals surface area (Å²) in [5.74, 6) is 0. The second-order valence-corrected chi connectivity index (χ2v) is 4.21. The molecule has 0 saturated heterocycles. The molecule has 0 radical (unpaired) electrons. The van der Waals surface area contributed by atoms with Crippen molar-refractivity contribution in [2.45, 2.75) is 19.8 Å². The molecule has 0 aliphatic heterocycles. The fraction of sp³-hybridized carbons (Fsp3) is 0.750. The number of hydrogen-bond donors (Lipinski definition) is 0. The molecule has 0 spiro atoms. The summed E-state index contributed by atoms with van der Waals surface area (Å²) in [6, 6.07) is 0. The minimum absolute atomic E-state index is 0.596. The third kappa shape index (κ3) is 6.54. The molecule has 0 fully saturated rings. The number of rotatable bonds is 7. The lowest BCUT2D eigenvalue weighted by atomic mass is 10.3. The fourth-order valence-corrected chi connectivity index (χ4v) is 1.45. The Balaban J connectivity index is 3.27. The van der Waals surface area contributed by atoms with E-state index in [4.69, 9.17) is 13.3 Å². The van der Waals surface area contributed by atoms with Crippen molar-refractivity contribution in [3.63, 3.8) is 0 Å². The van der Waals surface area contributed by atoms with Gasteiger partial charge in [-0.05, 0) is 6.42 Å². The zero-order valence-electron chi connectivity index (χ0n) is 8.08. The van der Waals surface area contributed by atoms with E-state index in [0.717, 1.165) is 6.42 Å². The van der Waals surface area contributed by atoms with Crippen LogP contribution in [0.25, 0.3) is 0 Å². The van der Waals surface area contributed by atoms with E-state index in [0.29, 0.717) is 6.61 Å². The largest absolute Gasteiger partial charge is 0.483 e. The quantitative estimate of drug-likeness (QED) is 0.448. The molecule has 0 unspecified atom stereocenters. The Kier molecular flexibility index (Phi) is 8.81. The first-order valence-electron chi connectivity index (χ1n) is 4.17. The van der Waals surface area contributed by atoms with E-state index in [1.807, 2.05) is 6.08 Å². The molecule has 3 nitrogen and oxygen atoms in total. The van der Waals surface area contributed by atoms with Gasteiger partial charge in [-0.25, -0.2) is 0 Å². The third-order valence-electron chi connectivity index (χ3n) is 1.34. The summed E-state index contributed by atoms with van der Waals surface area (Å²) < 4.78 is 15.2. The lowest BCUT2D eigenvalue weighted by molar-refractivity contribution is 0.148. The molecule has 0 aliphatic carbocycles. The van der Waals surface area contributed by atoms with Crippen LogP contribution in [0.15, 0.2) is 12.2 Å². The van der Waals surface area contributed by atoms with Gasteiger partial charge in [0.2, 0.25) is 0 Å². The molecule has 72 valence electrons. The van der Waals surface area contributed by atoms with Crippen LogP contribution in [0.5, 0.6) is 0 Å². The molecule has 0 heterocycles. The Labute approximate surface area is 76.3 Å². The molecule has 4 heteroatoms. The van der Waals surface area contributed by atoms with E-state index in [9.17, 15) is 0 Å². The summed E-state index contributed by atoms with van der Waals surface area (Å²) in [5, 5.41) is 0. The van der Waals surface area contributed by atoms with Crippen LogP contribution in [0.1, 0.15) is 19.8 Å². The lowest BCUT2D eigenvalue weighted by Gasteiger charge is -2.08. The van der Waals surface area contributed by atoms with Crippen molar-refractivity contribution >= 4 is 9.53 Å². The molecular formula is C8H18O3Si. The second kappa shape index (κ2) is 8.93. The average molecular weight is 190 g/mol. The highest BCUT2D eigenvalue weighted by molar-refractivity contribution is 6.36. The van der Waals surface area contributed by atoms with Crippen LogP contribution in [0.4, 0.5) is 0 Å². The van der Waals surface area contributed by atoms with Crippen molar-refractivity contribution in [3.8, 4) is 0 Å². The van der Waals surface area contributed by atoms with Gasteiger partial charge in [0, 0.05) is 14.2 Å². The standard InChI is InChI=1S/C8H18O3Si/c1-4-5-6-7-8-11-12(9-2)10-3/h6-7,12H,4-5,8H2,1-3H3. The topological polar surface area (TPSA) is 27.7 Å².